The minimum atomic E-state index is -0.556. The molecule has 0 unspecified atom stereocenters. The van der Waals surface area contributed by atoms with Crippen molar-refractivity contribution in [2.24, 2.45) is 0 Å². The number of benzene rings is 2. The summed E-state index contributed by atoms with van der Waals surface area (Å²) < 4.78 is 0. The van der Waals surface area contributed by atoms with Crippen molar-refractivity contribution < 1.29 is 17.0 Å². The number of hydrogen-bond donors (Lipinski definition) is 0. The molecule has 0 bridgehead atoms. The van der Waals surface area contributed by atoms with Gasteiger partial charge >= 0.3 is 35.6 Å². The number of rotatable bonds is 1. The predicted octanol–water partition coefficient (Wildman–Crippen LogP) is 5.70. The summed E-state index contributed by atoms with van der Waals surface area (Å²) in [4.78, 5) is 0. The van der Waals surface area contributed by atoms with E-state index in [1.54, 1.807) is 0 Å². The molecule has 0 saturated heterocycles. The van der Waals surface area contributed by atoms with E-state index >= 15 is 0 Å². The van der Waals surface area contributed by atoms with Crippen molar-refractivity contribution in [3.05, 3.63) is 72.2 Å². The molecule has 0 saturated carbocycles. The normalized spacial score (nSPS) is 12.1. The number of halogens is 2. The van der Waals surface area contributed by atoms with Gasteiger partial charge in [0.05, 0.1) is 0 Å². The molecule has 95 valence electrons. The summed E-state index contributed by atoms with van der Waals surface area (Å²) in [5, 5.41) is 0. The van der Waals surface area contributed by atoms with E-state index in [-0.39, 0.29) is 0 Å². The van der Waals surface area contributed by atoms with Crippen LogP contribution in [0.15, 0.2) is 54.6 Å². The van der Waals surface area contributed by atoms with Crippen LogP contribution in [-0.2, 0) is 17.0 Å². The van der Waals surface area contributed by atoms with E-state index in [1.807, 2.05) is 0 Å². The number of hydrogen-bond acceptors (Lipinski definition) is 0. The first kappa shape index (κ1) is 14.9. The zero-order valence-electron chi connectivity index (χ0n) is 10.5. The standard InChI is InChI=1S/C16H13.2ClH.Ti/c1-12-10-11-14-8-5-9-15(16(12)14)13-6-3-2-4-7-13;;;/h2-11H,1H3;2*1H;/q;;;+2/p-2. The molecule has 0 N–H and O–H groups in total. The van der Waals surface area contributed by atoms with Gasteiger partial charge in [0.1, 0.15) is 0 Å². The van der Waals surface area contributed by atoms with Crippen molar-refractivity contribution in [1.29, 1.82) is 0 Å². The second-order valence-corrected chi connectivity index (χ2v) is 6.80. The summed E-state index contributed by atoms with van der Waals surface area (Å²) in [7, 11) is 9.78. The third-order valence-electron chi connectivity index (χ3n) is 3.09. The van der Waals surface area contributed by atoms with Gasteiger partial charge in [-0.1, -0.05) is 54.6 Å². The zero-order valence-corrected chi connectivity index (χ0v) is 13.6. The topological polar surface area (TPSA) is 0 Å². The molecule has 0 fully saturated rings. The second kappa shape index (κ2) is 7.31. The Hall–Kier alpha value is -0.526. The number of allylic oxidation sites excluding steroid dienone is 2. The average Bonchev–Trinajstić information content (AvgIpc) is 2.83. The molecule has 1 aliphatic rings. The van der Waals surface area contributed by atoms with Gasteiger partial charge in [0.25, 0.3) is 0 Å². The van der Waals surface area contributed by atoms with E-state index in [9.17, 15) is 0 Å². The third kappa shape index (κ3) is 3.52. The Kier molecular flexibility index (Phi) is 5.72. The van der Waals surface area contributed by atoms with Crippen LogP contribution in [0.4, 0.5) is 0 Å². The maximum absolute atomic E-state index is 4.89. The summed E-state index contributed by atoms with van der Waals surface area (Å²) in [5.41, 5.74) is 6.70. The Labute approximate surface area is 131 Å². The summed E-state index contributed by atoms with van der Waals surface area (Å²) in [6, 6.07) is 17.1. The molecular formula is C16H13Cl2Ti. The van der Waals surface area contributed by atoms with Crippen molar-refractivity contribution in [2.45, 2.75) is 6.92 Å². The Balaban J connectivity index is 0.000000408. The van der Waals surface area contributed by atoms with Gasteiger partial charge in [0.2, 0.25) is 0 Å². The first-order valence-electron chi connectivity index (χ1n) is 5.94. The molecule has 3 heteroatoms. The summed E-state index contributed by atoms with van der Waals surface area (Å²) in [6.07, 6.45) is 4.38. The number of fused-ring (bicyclic) bond motifs is 1. The van der Waals surface area contributed by atoms with Crippen LogP contribution in [0.25, 0.3) is 16.7 Å². The van der Waals surface area contributed by atoms with Gasteiger partial charge in [0, 0.05) is 6.42 Å². The molecule has 0 heterocycles. The van der Waals surface area contributed by atoms with Crippen molar-refractivity contribution in [1.82, 2.24) is 0 Å². The molecule has 2 aromatic rings. The molecule has 0 aliphatic heterocycles. The molecule has 0 amide bonds. The van der Waals surface area contributed by atoms with E-state index in [1.165, 1.54) is 27.8 Å². The van der Waals surface area contributed by atoms with Crippen molar-refractivity contribution in [2.75, 3.05) is 0 Å². The molecule has 0 spiro atoms. The van der Waals surface area contributed by atoms with Crippen LogP contribution in [-0.4, -0.2) is 0 Å². The SMILES string of the molecule is CC1=C[CH]c2cccc(-c3ccccc3)c21.[Cl][Ti][Cl]. The van der Waals surface area contributed by atoms with E-state index in [0.29, 0.717) is 0 Å². The first-order valence-corrected chi connectivity index (χ1v) is 10.2. The van der Waals surface area contributed by atoms with Gasteiger partial charge in [-0.2, -0.15) is 0 Å². The maximum atomic E-state index is 4.89. The van der Waals surface area contributed by atoms with Crippen LogP contribution < -0.4 is 0 Å². The third-order valence-corrected chi connectivity index (χ3v) is 3.09. The van der Waals surface area contributed by atoms with Crippen LogP contribution in [0.2, 0.25) is 0 Å². The average molecular weight is 324 g/mol. The fourth-order valence-electron chi connectivity index (χ4n) is 2.31. The van der Waals surface area contributed by atoms with E-state index < -0.39 is 17.0 Å². The Morgan fingerprint density at radius 1 is 0.895 bits per heavy atom. The Bertz CT molecular complexity index is 577. The molecular weight excluding hydrogens is 311 g/mol. The van der Waals surface area contributed by atoms with Gasteiger partial charge in [0.15, 0.2) is 0 Å². The molecule has 1 aliphatic carbocycles. The molecule has 2 aromatic carbocycles. The van der Waals surface area contributed by atoms with E-state index in [2.05, 4.69) is 68.0 Å². The molecule has 19 heavy (non-hydrogen) atoms. The summed E-state index contributed by atoms with van der Waals surface area (Å²) in [6.45, 7) is 2.18. The quantitative estimate of drug-likeness (QED) is 0.590. The van der Waals surface area contributed by atoms with Crippen LogP contribution >= 0.6 is 18.6 Å². The molecule has 3 rings (SSSR count). The van der Waals surface area contributed by atoms with Crippen molar-refractivity contribution >= 4 is 24.2 Å². The second-order valence-electron chi connectivity index (χ2n) is 4.22. The Morgan fingerprint density at radius 2 is 1.58 bits per heavy atom. The predicted molar refractivity (Wildman–Crippen MR) is 80.6 cm³/mol. The molecule has 0 aromatic heterocycles. The van der Waals surface area contributed by atoms with Crippen LogP contribution in [0.1, 0.15) is 18.1 Å². The Morgan fingerprint density at radius 3 is 2.26 bits per heavy atom. The summed E-state index contributed by atoms with van der Waals surface area (Å²) >= 11 is -0.556. The molecule has 0 nitrogen and oxygen atoms in total. The van der Waals surface area contributed by atoms with E-state index in [4.69, 9.17) is 18.6 Å². The van der Waals surface area contributed by atoms with Crippen LogP contribution in [0.3, 0.4) is 0 Å². The first-order chi connectivity index (χ1) is 9.27. The fraction of sp³-hybridized carbons (Fsp3) is 0.0625. The van der Waals surface area contributed by atoms with E-state index in [0.717, 1.165) is 0 Å². The van der Waals surface area contributed by atoms with Gasteiger partial charge in [-0.25, -0.2) is 0 Å². The van der Waals surface area contributed by atoms with Gasteiger partial charge < -0.3 is 0 Å². The fourth-order valence-corrected chi connectivity index (χ4v) is 2.31. The van der Waals surface area contributed by atoms with Crippen molar-refractivity contribution in [3.8, 4) is 11.1 Å². The minimum absolute atomic E-state index is 0.556. The van der Waals surface area contributed by atoms with Gasteiger partial charge in [-0.15, -0.1) is 0 Å². The van der Waals surface area contributed by atoms with Gasteiger partial charge in [-0.05, 0) is 34.8 Å². The van der Waals surface area contributed by atoms with Crippen molar-refractivity contribution in [3.63, 3.8) is 0 Å². The molecule has 0 atom stereocenters. The monoisotopic (exact) mass is 323 g/mol. The molecule has 1 radical (unpaired) electrons. The zero-order chi connectivity index (χ0) is 13.7. The van der Waals surface area contributed by atoms with Gasteiger partial charge in [-0.3, -0.25) is 0 Å². The van der Waals surface area contributed by atoms with Crippen LogP contribution in [0, 0.1) is 6.42 Å². The summed E-state index contributed by atoms with van der Waals surface area (Å²) in [5.74, 6) is 0. The van der Waals surface area contributed by atoms with Crippen LogP contribution in [0.5, 0.6) is 0 Å².